The number of anilines is 1. The van der Waals surface area contributed by atoms with Crippen molar-refractivity contribution in [3.63, 3.8) is 0 Å². The zero-order chi connectivity index (χ0) is 18.7. The molecular weight excluding hydrogens is 362 g/mol. The molecule has 2 heterocycles. The average Bonchev–Trinajstić information content (AvgIpc) is 3.32. The standard InChI is InChI=1S/C20H21N3O3S/c24-27(25,14-12-16-7-2-1-3-8-16)21-15-17-9-6-13-23(17)20-22-18-10-4-5-11-19(18)26-20/h1-5,7-8,10-12,14,17,21H,6,9,13,15H2. The first-order chi connectivity index (χ1) is 13.1. The topological polar surface area (TPSA) is 75.4 Å². The summed E-state index contributed by atoms with van der Waals surface area (Å²) in [5, 5.41) is 1.21. The van der Waals surface area contributed by atoms with Gasteiger partial charge in [-0.05, 0) is 36.6 Å². The van der Waals surface area contributed by atoms with Crippen LogP contribution in [-0.2, 0) is 10.0 Å². The van der Waals surface area contributed by atoms with E-state index in [1.54, 1.807) is 6.08 Å². The number of nitrogens with zero attached hydrogens (tertiary/aromatic N) is 2. The molecule has 140 valence electrons. The van der Waals surface area contributed by atoms with Crippen LogP contribution in [0.5, 0.6) is 0 Å². The molecular formula is C20H21N3O3S. The van der Waals surface area contributed by atoms with E-state index in [0.29, 0.717) is 12.6 Å². The van der Waals surface area contributed by atoms with Crippen molar-refractivity contribution in [1.29, 1.82) is 0 Å². The van der Waals surface area contributed by atoms with Gasteiger partial charge in [-0.1, -0.05) is 42.5 Å². The van der Waals surface area contributed by atoms with Gasteiger partial charge in [0, 0.05) is 24.5 Å². The van der Waals surface area contributed by atoms with Crippen molar-refractivity contribution < 1.29 is 12.8 Å². The molecule has 1 aliphatic heterocycles. The summed E-state index contributed by atoms with van der Waals surface area (Å²) in [6.07, 6.45) is 3.46. The highest BCUT2D eigenvalue weighted by molar-refractivity contribution is 7.92. The van der Waals surface area contributed by atoms with Crippen LogP contribution in [-0.4, -0.2) is 32.5 Å². The van der Waals surface area contributed by atoms with Crippen molar-refractivity contribution in [2.45, 2.75) is 18.9 Å². The van der Waals surface area contributed by atoms with Crippen molar-refractivity contribution >= 4 is 33.2 Å². The van der Waals surface area contributed by atoms with E-state index in [1.807, 2.05) is 59.5 Å². The average molecular weight is 383 g/mol. The van der Waals surface area contributed by atoms with Crippen LogP contribution in [0.1, 0.15) is 18.4 Å². The van der Waals surface area contributed by atoms with Crippen molar-refractivity contribution in [3.8, 4) is 0 Å². The molecule has 0 spiro atoms. The van der Waals surface area contributed by atoms with Crippen molar-refractivity contribution in [2.75, 3.05) is 18.0 Å². The number of sulfonamides is 1. The number of rotatable bonds is 6. The van der Waals surface area contributed by atoms with Crippen LogP contribution in [0.25, 0.3) is 17.2 Å². The minimum absolute atomic E-state index is 0.0259. The number of hydrogen-bond donors (Lipinski definition) is 1. The van der Waals surface area contributed by atoms with Gasteiger partial charge in [-0.25, -0.2) is 13.1 Å². The largest absolute Gasteiger partial charge is 0.423 e. The van der Waals surface area contributed by atoms with Crippen molar-refractivity contribution in [2.24, 2.45) is 0 Å². The summed E-state index contributed by atoms with van der Waals surface area (Å²) < 4.78 is 33.1. The number of fused-ring (bicyclic) bond motifs is 1. The molecule has 0 amide bonds. The summed E-state index contributed by atoms with van der Waals surface area (Å²) in [5.74, 6) is 0. The molecule has 0 saturated carbocycles. The van der Waals surface area contributed by atoms with E-state index in [0.717, 1.165) is 36.0 Å². The van der Waals surface area contributed by atoms with Gasteiger partial charge < -0.3 is 9.32 Å². The number of aromatic nitrogens is 1. The number of hydrogen-bond acceptors (Lipinski definition) is 5. The summed E-state index contributed by atoms with van der Waals surface area (Å²) in [4.78, 5) is 6.58. The molecule has 4 rings (SSSR count). The van der Waals surface area contributed by atoms with Crippen LogP contribution < -0.4 is 9.62 Å². The summed E-state index contributed by atoms with van der Waals surface area (Å²) in [5.41, 5.74) is 2.39. The monoisotopic (exact) mass is 383 g/mol. The molecule has 0 bridgehead atoms. The Balaban J connectivity index is 1.43. The van der Waals surface area contributed by atoms with Gasteiger partial charge in [-0.15, -0.1) is 0 Å². The summed E-state index contributed by atoms with van der Waals surface area (Å²) in [6.45, 7) is 1.12. The first-order valence-corrected chi connectivity index (χ1v) is 10.5. The minimum atomic E-state index is -3.51. The zero-order valence-electron chi connectivity index (χ0n) is 14.8. The third-order valence-electron chi connectivity index (χ3n) is 4.66. The molecule has 1 atom stereocenters. The molecule has 1 aromatic heterocycles. The molecule has 1 fully saturated rings. The fraction of sp³-hybridized carbons (Fsp3) is 0.250. The van der Waals surface area contributed by atoms with Gasteiger partial charge in [0.15, 0.2) is 5.58 Å². The number of nitrogens with one attached hydrogen (secondary N) is 1. The Morgan fingerprint density at radius 2 is 1.93 bits per heavy atom. The fourth-order valence-corrected chi connectivity index (χ4v) is 4.13. The van der Waals surface area contributed by atoms with Gasteiger partial charge in [0.25, 0.3) is 6.01 Å². The van der Waals surface area contributed by atoms with Crippen molar-refractivity contribution in [3.05, 3.63) is 65.6 Å². The van der Waals surface area contributed by atoms with E-state index in [1.165, 1.54) is 5.41 Å². The number of oxazole rings is 1. The Hall–Kier alpha value is -2.64. The van der Waals surface area contributed by atoms with Gasteiger partial charge in [0.05, 0.1) is 0 Å². The van der Waals surface area contributed by atoms with E-state index in [9.17, 15) is 8.42 Å². The molecule has 1 aliphatic rings. The van der Waals surface area contributed by atoms with Crippen molar-refractivity contribution in [1.82, 2.24) is 9.71 Å². The number of para-hydroxylation sites is 2. The highest BCUT2D eigenvalue weighted by Gasteiger charge is 2.29. The van der Waals surface area contributed by atoms with Gasteiger partial charge >= 0.3 is 0 Å². The zero-order valence-corrected chi connectivity index (χ0v) is 15.6. The van der Waals surface area contributed by atoms with Crippen LogP contribution in [0.3, 0.4) is 0 Å². The van der Waals surface area contributed by atoms with Gasteiger partial charge in [0.2, 0.25) is 10.0 Å². The molecule has 1 unspecified atom stereocenters. The van der Waals surface area contributed by atoms with E-state index in [-0.39, 0.29) is 6.04 Å². The maximum absolute atomic E-state index is 12.3. The van der Waals surface area contributed by atoms with Crippen LogP contribution >= 0.6 is 0 Å². The Bertz CT molecular complexity index is 1010. The highest BCUT2D eigenvalue weighted by Crippen LogP contribution is 2.28. The predicted octanol–water partition coefficient (Wildman–Crippen LogP) is 3.39. The molecule has 27 heavy (non-hydrogen) atoms. The highest BCUT2D eigenvalue weighted by atomic mass is 32.2. The lowest BCUT2D eigenvalue weighted by atomic mass is 10.2. The second-order valence-corrected chi connectivity index (χ2v) is 8.21. The minimum Gasteiger partial charge on any atom is -0.423 e. The molecule has 1 saturated heterocycles. The van der Waals surface area contributed by atoms with E-state index < -0.39 is 10.0 Å². The second-order valence-electron chi connectivity index (χ2n) is 6.56. The second kappa shape index (κ2) is 7.54. The van der Waals surface area contributed by atoms with Crippen LogP contribution in [0.2, 0.25) is 0 Å². The molecule has 0 aliphatic carbocycles. The van der Waals surface area contributed by atoms with Gasteiger partial charge in [-0.2, -0.15) is 4.98 Å². The van der Waals surface area contributed by atoms with E-state index in [4.69, 9.17) is 4.42 Å². The SMILES string of the molecule is O=S(=O)(C=Cc1ccccc1)NCC1CCCN1c1nc2ccccc2o1. The van der Waals surface area contributed by atoms with Gasteiger partial charge in [-0.3, -0.25) is 0 Å². The summed E-state index contributed by atoms with van der Waals surface area (Å²) in [7, 11) is -3.51. The summed E-state index contributed by atoms with van der Waals surface area (Å²) in [6, 6.07) is 17.6. The lowest BCUT2D eigenvalue weighted by Gasteiger charge is -2.22. The summed E-state index contributed by atoms with van der Waals surface area (Å²) >= 11 is 0. The fourth-order valence-electron chi connectivity index (χ4n) is 3.28. The quantitative estimate of drug-likeness (QED) is 0.706. The van der Waals surface area contributed by atoms with Crippen LogP contribution in [0, 0.1) is 0 Å². The lowest BCUT2D eigenvalue weighted by Crippen LogP contribution is -2.39. The maximum Gasteiger partial charge on any atom is 0.298 e. The van der Waals surface area contributed by atoms with Gasteiger partial charge in [0.1, 0.15) is 5.52 Å². The third kappa shape index (κ3) is 4.20. The smallest absolute Gasteiger partial charge is 0.298 e. The first kappa shape index (κ1) is 17.8. The van der Waals surface area contributed by atoms with E-state index in [2.05, 4.69) is 9.71 Å². The molecule has 0 radical (unpaired) electrons. The normalized spacial score (nSPS) is 17.9. The molecule has 3 aromatic rings. The maximum atomic E-state index is 12.3. The van der Waals surface area contributed by atoms with Crippen LogP contribution in [0.15, 0.2) is 64.4 Å². The predicted molar refractivity (Wildman–Crippen MR) is 107 cm³/mol. The Kier molecular flexibility index (Phi) is 4.96. The van der Waals surface area contributed by atoms with Crippen LogP contribution in [0.4, 0.5) is 6.01 Å². The Morgan fingerprint density at radius 1 is 1.15 bits per heavy atom. The Labute approximate surface area is 158 Å². The molecule has 2 aromatic carbocycles. The number of benzene rings is 2. The molecule has 1 N–H and O–H groups in total. The third-order valence-corrected chi connectivity index (χ3v) is 5.73. The lowest BCUT2D eigenvalue weighted by molar-refractivity contribution is 0.536. The molecule has 6 nitrogen and oxygen atoms in total. The molecule has 7 heteroatoms. The van der Waals surface area contributed by atoms with E-state index >= 15 is 0 Å². The Morgan fingerprint density at radius 3 is 2.74 bits per heavy atom. The first-order valence-electron chi connectivity index (χ1n) is 8.96.